The number of ether oxygens (including phenoxy) is 1. The van der Waals surface area contributed by atoms with Crippen LogP contribution in [-0.2, 0) is 4.74 Å². The van der Waals surface area contributed by atoms with Crippen molar-refractivity contribution < 1.29 is 9.53 Å². The molecule has 0 aliphatic heterocycles. The maximum absolute atomic E-state index is 11.7. The van der Waals surface area contributed by atoms with Gasteiger partial charge in [0.15, 0.2) is 5.82 Å². The highest BCUT2D eigenvalue weighted by Crippen LogP contribution is 2.13. The van der Waals surface area contributed by atoms with E-state index in [2.05, 4.69) is 5.10 Å². The molecule has 0 unspecified atom stereocenters. The van der Waals surface area contributed by atoms with Crippen LogP contribution in [0.5, 0.6) is 0 Å². The van der Waals surface area contributed by atoms with Crippen LogP contribution in [0.2, 0.25) is 0 Å². The van der Waals surface area contributed by atoms with Gasteiger partial charge in [-0.3, -0.25) is 0 Å². The lowest BCUT2D eigenvalue weighted by atomic mass is 10.2. The largest absolute Gasteiger partial charge is 0.448 e. The molecule has 0 saturated carbocycles. The Morgan fingerprint density at radius 2 is 2.05 bits per heavy atom. The Hall–Kier alpha value is -2.34. The fourth-order valence-corrected chi connectivity index (χ4v) is 1.75. The first-order valence-corrected chi connectivity index (χ1v) is 6.96. The van der Waals surface area contributed by atoms with Crippen molar-refractivity contribution in [1.82, 2.24) is 9.78 Å². The average molecular weight is 288 g/mol. The lowest BCUT2D eigenvalue weighted by molar-refractivity contribution is 0.152. The van der Waals surface area contributed by atoms with Gasteiger partial charge in [-0.05, 0) is 25.5 Å². The first kappa shape index (κ1) is 15.1. The second kappa shape index (κ2) is 6.90. The molecule has 0 saturated heterocycles. The third kappa shape index (κ3) is 3.82. The van der Waals surface area contributed by atoms with E-state index in [4.69, 9.17) is 10.6 Å². The zero-order chi connectivity index (χ0) is 15.2. The lowest BCUT2D eigenvalue weighted by Crippen LogP contribution is -2.38. The molecule has 0 bridgehead atoms. The van der Waals surface area contributed by atoms with E-state index in [1.54, 1.807) is 16.9 Å². The van der Waals surface area contributed by atoms with E-state index in [9.17, 15) is 4.79 Å². The minimum atomic E-state index is -0.599. The van der Waals surface area contributed by atoms with Gasteiger partial charge in [-0.2, -0.15) is 5.01 Å². The Morgan fingerprint density at radius 1 is 1.33 bits per heavy atom. The molecule has 0 atom stereocenters. The van der Waals surface area contributed by atoms with Crippen molar-refractivity contribution in [2.24, 2.45) is 5.84 Å². The second-order valence-corrected chi connectivity index (χ2v) is 4.79. The van der Waals surface area contributed by atoms with E-state index >= 15 is 0 Å². The predicted octanol–water partition coefficient (Wildman–Crippen LogP) is 2.80. The Balaban J connectivity index is 2.05. The van der Waals surface area contributed by atoms with Gasteiger partial charge in [-0.15, -0.1) is 5.10 Å². The maximum atomic E-state index is 11.7. The number of nitrogens with zero attached hydrogens (tertiary/aromatic N) is 3. The summed E-state index contributed by atoms with van der Waals surface area (Å²) < 4.78 is 6.70. The molecular formula is C15H20N4O2. The molecule has 112 valence electrons. The van der Waals surface area contributed by atoms with Crippen LogP contribution in [0.4, 0.5) is 10.6 Å². The number of benzene rings is 1. The van der Waals surface area contributed by atoms with Gasteiger partial charge in [0.2, 0.25) is 0 Å². The van der Waals surface area contributed by atoms with E-state index in [0.29, 0.717) is 12.4 Å². The summed E-state index contributed by atoms with van der Waals surface area (Å²) in [5.74, 6) is 6.06. The summed E-state index contributed by atoms with van der Waals surface area (Å²) in [7, 11) is 0. The smallest absolute Gasteiger partial charge is 0.430 e. The van der Waals surface area contributed by atoms with Crippen molar-refractivity contribution in [1.29, 1.82) is 0 Å². The number of nitrogens with two attached hydrogens (primary N) is 1. The number of hydrogen-bond acceptors (Lipinski definition) is 4. The number of aromatic nitrogens is 2. The zero-order valence-corrected chi connectivity index (χ0v) is 12.3. The third-order valence-corrected chi connectivity index (χ3v) is 3.04. The summed E-state index contributed by atoms with van der Waals surface area (Å²) in [6.07, 6.45) is 2.92. The number of anilines is 1. The Bertz CT molecular complexity index is 592. The minimum absolute atomic E-state index is 0.345. The summed E-state index contributed by atoms with van der Waals surface area (Å²) in [6.45, 7) is 4.41. The summed E-state index contributed by atoms with van der Waals surface area (Å²) in [4.78, 5) is 11.7. The van der Waals surface area contributed by atoms with Crippen LogP contribution in [0.25, 0.3) is 5.69 Å². The summed E-state index contributed by atoms with van der Waals surface area (Å²) in [5, 5.41) is 5.19. The highest BCUT2D eigenvalue weighted by molar-refractivity contribution is 5.84. The average Bonchev–Trinajstić information content (AvgIpc) is 2.97. The molecule has 2 N–H and O–H groups in total. The van der Waals surface area contributed by atoms with Crippen LogP contribution >= 0.6 is 0 Å². The van der Waals surface area contributed by atoms with Crippen molar-refractivity contribution in [3.8, 4) is 5.69 Å². The number of hydrazine groups is 1. The summed E-state index contributed by atoms with van der Waals surface area (Å²) >= 11 is 0. The SMILES string of the molecule is CCCCOC(=O)N(N)c1ccn(-c2ccc(C)cc2)n1. The van der Waals surface area contributed by atoms with Crippen molar-refractivity contribution in [2.75, 3.05) is 11.6 Å². The van der Waals surface area contributed by atoms with Crippen LogP contribution in [0.1, 0.15) is 25.3 Å². The van der Waals surface area contributed by atoms with Gasteiger partial charge < -0.3 is 4.74 Å². The molecule has 0 fully saturated rings. The predicted molar refractivity (Wildman–Crippen MR) is 81.2 cm³/mol. The molecule has 0 aliphatic rings. The van der Waals surface area contributed by atoms with Crippen LogP contribution < -0.4 is 10.9 Å². The Kier molecular flexibility index (Phi) is 4.94. The van der Waals surface area contributed by atoms with Gasteiger partial charge in [0.05, 0.1) is 12.3 Å². The monoisotopic (exact) mass is 288 g/mol. The number of carbonyl (C=O) groups excluding carboxylic acids is 1. The molecule has 6 nitrogen and oxygen atoms in total. The molecule has 21 heavy (non-hydrogen) atoms. The molecule has 0 spiro atoms. The van der Waals surface area contributed by atoms with Crippen LogP contribution in [-0.4, -0.2) is 22.5 Å². The van der Waals surface area contributed by atoms with E-state index < -0.39 is 6.09 Å². The number of amides is 1. The highest BCUT2D eigenvalue weighted by atomic mass is 16.6. The molecule has 0 aliphatic carbocycles. The van der Waals surface area contributed by atoms with Crippen molar-refractivity contribution in [2.45, 2.75) is 26.7 Å². The number of rotatable bonds is 5. The first-order valence-electron chi connectivity index (χ1n) is 6.96. The standard InChI is InChI=1S/C15H20N4O2/c1-3-4-11-21-15(20)19(16)14-9-10-18(17-14)13-7-5-12(2)6-8-13/h5-10H,3-4,11,16H2,1-2H3. The van der Waals surface area contributed by atoms with Crippen molar-refractivity contribution in [3.63, 3.8) is 0 Å². The molecule has 1 aromatic heterocycles. The fourth-order valence-electron chi connectivity index (χ4n) is 1.75. The molecule has 1 amide bonds. The molecule has 6 heteroatoms. The summed E-state index contributed by atoms with van der Waals surface area (Å²) in [5.41, 5.74) is 2.07. The maximum Gasteiger partial charge on any atom is 0.430 e. The van der Waals surface area contributed by atoms with Gasteiger partial charge in [-0.25, -0.2) is 15.3 Å². The second-order valence-electron chi connectivity index (χ2n) is 4.79. The van der Waals surface area contributed by atoms with E-state index in [1.165, 1.54) is 5.56 Å². The first-order chi connectivity index (χ1) is 10.1. The van der Waals surface area contributed by atoms with Gasteiger partial charge in [0.25, 0.3) is 0 Å². The van der Waals surface area contributed by atoms with E-state index in [1.807, 2.05) is 38.1 Å². The quantitative estimate of drug-likeness (QED) is 0.397. The Labute approximate surface area is 124 Å². The number of unbranched alkanes of at least 4 members (excludes halogenated alkanes) is 1. The number of carbonyl (C=O) groups is 1. The molecule has 0 radical (unpaired) electrons. The van der Waals surface area contributed by atoms with Crippen molar-refractivity contribution >= 4 is 11.9 Å². The molecule has 2 rings (SSSR count). The van der Waals surface area contributed by atoms with Gasteiger partial charge >= 0.3 is 6.09 Å². The van der Waals surface area contributed by atoms with Crippen LogP contribution in [0, 0.1) is 6.92 Å². The topological polar surface area (TPSA) is 73.4 Å². The normalized spacial score (nSPS) is 10.4. The van der Waals surface area contributed by atoms with Gasteiger partial charge in [-0.1, -0.05) is 31.0 Å². The summed E-state index contributed by atoms with van der Waals surface area (Å²) in [6, 6.07) is 9.56. The molecule has 1 aromatic carbocycles. The minimum Gasteiger partial charge on any atom is -0.448 e. The van der Waals surface area contributed by atoms with Crippen LogP contribution in [0.3, 0.4) is 0 Å². The molecule has 1 heterocycles. The van der Waals surface area contributed by atoms with E-state index in [-0.39, 0.29) is 0 Å². The van der Waals surface area contributed by atoms with Gasteiger partial charge in [0, 0.05) is 12.3 Å². The van der Waals surface area contributed by atoms with Crippen LogP contribution in [0.15, 0.2) is 36.5 Å². The van der Waals surface area contributed by atoms with Crippen molar-refractivity contribution in [3.05, 3.63) is 42.1 Å². The highest BCUT2D eigenvalue weighted by Gasteiger charge is 2.15. The zero-order valence-electron chi connectivity index (χ0n) is 12.3. The number of hydrogen-bond donors (Lipinski definition) is 1. The van der Waals surface area contributed by atoms with Gasteiger partial charge in [0.1, 0.15) is 0 Å². The number of aryl methyl sites for hydroxylation is 1. The third-order valence-electron chi connectivity index (χ3n) is 3.04. The van der Waals surface area contributed by atoms with E-state index in [0.717, 1.165) is 23.5 Å². The Morgan fingerprint density at radius 3 is 2.71 bits per heavy atom. The fraction of sp³-hybridized carbons (Fsp3) is 0.333. The lowest BCUT2D eigenvalue weighted by Gasteiger charge is -2.13. The molecular weight excluding hydrogens is 268 g/mol. The molecule has 2 aromatic rings.